The van der Waals surface area contributed by atoms with E-state index in [0.717, 1.165) is 0 Å². The number of rotatable bonds is 4. The van der Waals surface area contributed by atoms with Crippen LogP contribution in [0.2, 0.25) is 10.0 Å². The smallest absolute Gasteiger partial charge is 0.262 e. The predicted molar refractivity (Wildman–Crippen MR) is 91.6 cm³/mol. The number of tetrazole rings is 1. The molecule has 1 aromatic heterocycles. The van der Waals surface area contributed by atoms with E-state index in [-0.39, 0.29) is 9.92 Å². The standard InChI is InChI=1S/C14H11Cl2N5O2S/c1-8-5-11(15)12(16)7-13(8)24(22,23)19-10-4-2-3-9(6-10)14-17-20-21-18-14/h2-7,19H,1H3,(H,17,18,20,21). The van der Waals surface area contributed by atoms with Crippen molar-refractivity contribution in [2.75, 3.05) is 4.72 Å². The maximum Gasteiger partial charge on any atom is 0.262 e. The molecule has 3 aromatic rings. The highest BCUT2D eigenvalue weighted by Crippen LogP contribution is 2.29. The fourth-order valence-electron chi connectivity index (χ4n) is 2.13. The summed E-state index contributed by atoms with van der Waals surface area (Å²) < 4.78 is 27.8. The SMILES string of the molecule is Cc1cc(Cl)c(Cl)cc1S(=O)(=O)Nc1cccc(-c2nn[nH]n2)c1. The van der Waals surface area contributed by atoms with Gasteiger partial charge in [0.25, 0.3) is 10.0 Å². The Balaban J connectivity index is 1.96. The van der Waals surface area contributed by atoms with Crippen LogP contribution in [0, 0.1) is 6.92 Å². The van der Waals surface area contributed by atoms with Crippen LogP contribution in [0.5, 0.6) is 0 Å². The van der Waals surface area contributed by atoms with Gasteiger partial charge in [0.1, 0.15) is 0 Å². The predicted octanol–water partition coefficient (Wildman–Crippen LogP) is 3.28. The Morgan fingerprint density at radius 2 is 1.88 bits per heavy atom. The first-order chi connectivity index (χ1) is 11.4. The summed E-state index contributed by atoms with van der Waals surface area (Å²) in [6.45, 7) is 1.65. The van der Waals surface area contributed by atoms with E-state index in [9.17, 15) is 8.42 Å². The van der Waals surface area contributed by atoms with Crippen molar-refractivity contribution in [2.45, 2.75) is 11.8 Å². The zero-order valence-corrected chi connectivity index (χ0v) is 14.6. The van der Waals surface area contributed by atoms with Crippen molar-refractivity contribution in [3.05, 3.63) is 52.0 Å². The number of aryl methyl sites for hydroxylation is 1. The molecule has 3 rings (SSSR count). The van der Waals surface area contributed by atoms with Crippen molar-refractivity contribution in [1.29, 1.82) is 0 Å². The molecule has 24 heavy (non-hydrogen) atoms. The van der Waals surface area contributed by atoms with Crippen molar-refractivity contribution < 1.29 is 8.42 Å². The molecular formula is C14H11Cl2N5O2S. The Labute approximate surface area is 148 Å². The normalized spacial score (nSPS) is 11.5. The molecule has 2 N–H and O–H groups in total. The second-order valence-corrected chi connectivity index (χ2v) is 7.42. The van der Waals surface area contributed by atoms with Crippen LogP contribution < -0.4 is 4.72 Å². The second kappa shape index (κ2) is 6.39. The van der Waals surface area contributed by atoms with Crippen LogP contribution in [-0.2, 0) is 10.0 Å². The van der Waals surface area contributed by atoms with Crippen molar-refractivity contribution in [1.82, 2.24) is 20.6 Å². The lowest BCUT2D eigenvalue weighted by molar-refractivity contribution is 0.600. The minimum atomic E-state index is -3.83. The zero-order chi connectivity index (χ0) is 17.3. The van der Waals surface area contributed by atoms with E-state index in [0.29, 0.717) is 27.7 Å². The Morgan fingerprint density at radius 1 is 1.12 bits per heavy atom. The Morgan fingerprint density at radius 3 is 2.58 bits per heavy atom. The molecule has 0 aliphatic carbocycles. The summed E-state index contributed by atoms with van der Waals surface area (Å²) in [5.74, 6) is 0.363. The number of H-pyrrole nitrogens is 1. The number of nitrogens with one attached hydrogen (secondary N) is 2. The molecule has 10 heteroatoms. The van der Waals surface area contributed by atoms with Crippen LogP contribution in [0.25, 0.3) is 11.4 Å². The molecule has 0 aliphatic heterocycles. The number of hydrogen-bond acceptors (Lipinski definition) is 5. The molecular weight excluding hydrogens is 373 g/mol. The number of benzene rings is 2. The van der Waals surface area contributed by atoms with Crippen LogP contribution in [0.3, 0.4) is 0 Å². The molecule has 0 unspecified atom stereocenters. The zero-order valence-electron chi connectivity index (χ0n) is 12.3. The quantitative estimate of drug-likeness (QED) is 0.719. The molecule has 124 valence electrons. The van der Waals surface area contributed by atoms with Crippen molar-refractivity contribution in [3.63, 3.8) is 0 Å². The highest BCUT2D eigenvalue weighted by molar-refractivity contribution is 7.92. The molecule has 7 nitrogen and oxygen atoms in total. The van der Waals surface area contributed by atoms with Crippen LogP contribution >= 0.6 is 23.2 Å². The number of hydrogen-bond donors (Lipinski definition) is 2. The van der Waals surface area contributed by atoms with Gasteiger partial charge in [-0.3, -0.25) is 4.72 Å². The summed E-state index contributed by atoms with van der Waals surface area (Å²) in [6, 6.07) is 9.49. The number of nitrogens with zero attached hydrogens (tertiary/aromatic N) is 3. The van der Waals surface area contributed by atoms with E-state index in [1.165, 1.54) is 12.1 Å². The largest absolute Gasteiger partial charge is 0.280 e. The topological polar surface area (TPSA) is 101 Å². The Hall–Kier alpha value is -2.16. The first-order valence-corrected chi connectivity index (χ1v) is 8.93. The van der Waals surface area contributed by atoms with Crippen LogP contribution in [-0.4, -0.2) is 29.0 Å². The highest BCUT2D eigenvalue weighted by atomic mass is 35.5. The fourth-order valence-corrected chi connectivity index (χ4v) is 3.88. The van der Waals surface area contributed by atoms with Crippen LogP contribution in [0.4, 0.5) is 5.69 Å². The molecule has 0 saturated carbocycles. The van der Waals surface area contributed by atoms with E-state index in [1.807, 2.05) is 0 Å². The first-order valence-electron chi connectivity index (χ1n) is 6.69. The molecule has 0 radical (unpaired) electrons. The maximum atomic E-state index is 12.6. The van der Waals surface area contributed by atoms with Gasteiger partial charge >= 0.3 is 0 Å². The molecule has 0 bridgehead atoms. The van der Waals surface area contributed by atoms with Crippen molar-refractivity contribution in [3.8, 4) is 11.4 Å². The van der Waals surface area contributed by atoms with Gasteiger partial charge in [-0.25, -0.2) is 8.42 Å². The molecule has 0 saturated heterocycles. The molecule has 1 heterocycles. The molecule has 0 spiro atoms. The maximum absolute atomic E-state index is 12.6. The van der Waals surface area contributed by atoms with Gasteiger partial charge in [-0.1, -0.05) is 35.3 Å². The van der Waals surface area contributed by atoms with Gasteiger partial charge in [0, 0.05) is 11.3 Å². The molecule has 2 aromatic carbocycles. The van der Waals surface area contributed by atoms with Gasteiger partial charge in [0.05, 0.1) is 14.9 Å². The van der Waals surface area contributed by atoms with Gasteiger partial charge in [-0.15, -0.1) is 10.2 Å². The Bertz CT molecular complexity index is 990. The third kappa shape index (κ3) is 3.35. The summed E-state index contributed by atoms with van der Waals surface area (Å²) in [7, 11) is -3.83. The van der Waals surface area contributed by atoms with Crippen molar-refractivity contribution in [2.24, 2.45) is 0 Å². The van der Waals surface area contributed by atoms with Gasteiger partial charge in [-0.05, 0) is 42.0 Å². The lowest BCUT2D eigenvalue weighted by Crippen LogP contribution is -2.14. The summed E-state index contributed by atoms with van der Waals surface area (Å²) >= 11 is 11.8. The highest BCUT2D eigenvalue weighted by Gasteiger charge is 2.19. The molecule has 0 amide bonds. The van der Waals surface area contributed by atoms with E-state index in [4.69, 9.17) is 23.2 Å². The number of anilines is 1. The van der Waals surface area contributed by atoms with Gasteiger partial charge in [0.15, 0.2) is 0 Å². The van der Waals surface area contributed by atoms with E-state index in [2.05, 4.69) is 25.3 Å². The monoisotopic (exact) mass is 383 g/mol. The van der Waals surface area contributed by atoms with Crippen molar-refractivity contribution >= 4 is 38.9 Å². The third-order valence-electron chi connectivity index (χ3n) is 3.23. The fraction of sp³-hybridized carbons (Fsp3) is 0.0714. The number of sulfonamides is 1. The first kappa shape index (κ1) is 16.7. The van der Waals surface area contributed by atoms with E-state index >= 15 is 0 Å². The molecule has 0 aliphatic rings. The molecule has 0 atom stereocenters. The minimum Gasteiger partial charge on any atom is -0.280 e. The average Bonchev–Trinajstić information content (AvgIpc) is 3.05. The Kier molecular flexibility index (Phi) is 4.44. The average molecular weight is 384 g/mol. The van der Waals surface area contributed by atoms with E-state index in [1.54, 1.807) is 31.2 Å². The summed E-state index contributed by atoms with van der Waals surface area (Å²) in [6.07, 6.45) is 0. The number of halogens is 2. The van der Waals surface area contributed by atoms with Gasteiger partial charge in [-0.2, -0.15) is 5.21 Å². The summed E-state index contributed by atoms with van der Waals surface area (Å²) in [4.78, 5) is 0.0573. The minimum absolute atomic E-state index is 0.0573. The molecule has 0 fully saturated rings. The third-order valence-corrected chi connectivity index (χ3v) is 5.47. The number of aromatic nitrogens is 4. The number of aromatic amines is 1. The van der Waals surface area contributed by atoms with Gasteiger partial charge in [0.2, 0.25) is 5.82 Å². The summed E-state index contributed by atoms with van der Waals surface area (Å²) in [5, 5.41) is 14.0. The van der Waals surface area contributed by atoms with Gasteiger partial charge < -0.3 is 0 Å². The summed E-state index contributed by atoms with van der Waals surface area (Å²) in [5.41, 5.74) is 1.48. The lowest BCUT2D eigenvalue weighted by Gasteiger charge is -2.12. The van der Waals surface area contributed by atoms with Crippen LogP contribution in [0.15, 0.2) is 41.3 Å². The van der Waals surface area contributed by atoms with Crippen LogP contribution in [0.1, 0.15) is 5.56 Å². The van der Waals surface area contributed by atoms with E-state index < -0.39 is 10.0 Å². The second-order valence-electron chi connectivity index (χ2n) is 4.95. The lowest BCUT2D eigenvalue weighted by atomic mass is 10.2.